The molecule has 2 aromatic carbocycles. The molecule has 152 valence electrons. The zero-order chi connectivity index (χ0) is 21.2. The fraction of sp³-hybridized carbons (Fsp3) is 0.348. The summed E-state index contributed by atoms with van der Waals surface area (Å²) in [5.74, 6) is 0.205. The Morgan fingerprint density at radius 1 is 1.14 bits per heavy atom. The van der Waals surface area contributed by atoms with Gasteiger partial charge in [0.2, 0.25) is 11.8 Å². The molecule has 1 N–H and O–H groups in total. The van der Waals surface area contributed by atoms with Gasteiger partial charge in [0.05, 0.1) is 24.6 Å². The fourth-order valence-corrected chi connectivity index (χ4v) is 2.82. The highest BCUT2D eigenvalue weighted by molar-refractivity contribution is 5.88. The van der Waals surface area contributed by atoms with E-state index in [0.29, 0.717) is 24.5 Å². The minimum atomic E-state index is -0.599. The van der Waals surface area contributed by atoms with Crippen LogP contribution in [-0.4, -0.2) is 43.0 Å². The molecule has 6 heteroatoms. The summed E-state index contributed by atoms with van der Waals surface area (Å²) in [5.41, 5.74) is 1.43. The molecule has 0 fully saturated rings. The second kappa shape index (κ2) is 10.9. The number of hydrogen-bond donors (Lipinski definition) is 1. The number of nitrogens with zero attached hydrogens (tertiary/aromatic N) is 2. The second-order valence-corrected chi connectivity index (χ2v) is 7.20. The molecule has 0 saturated carbocycles. The summed E-state index contributed by atoms with van der Waals surface area (Å²) in [6.07, 6.45) is 0.236. The molecular weight excluding hydrogens is 366 g/mol. The molecule has 0 saturated heterocycles. The van der Waals surface area contributed by atoms with Gasteiger partial charge >= 0.3 is 0 Å². The van der Waals surface area contributed by atoms with Crippen molar-refractivity contribution >= 4 is 11.8 Å². The quantitative estimate of drug-likeness (QED) is 0.710. The van der Waals surface area contributed by atoms with E-state index in [4.69, 9.17) is 10.00 Å². The van der Waals surface area contributed by atoms with Gasteiger partial charge in [0.1, 0.15) is 18.4 Å². The number of likely N-dealkylation sites (N-methyl/N-ethyl adjacent to an activating group) is 1. The molecule has 1 atom stereocenters. The minimum Gasteiger partial charge on any atom is -0.492 e. The van der Waals surface area contributed by atoms with Crippen LogP contribution < -0.4 is 10.1 Å². The number of amides is 2. The monoisotopic (exact) mass is 393 g/mol. The Morgan fingerprint density at radius 3 is 2.52 bits per heavy atom. The first kappa shape index (κ1) is 22.0. The van der Waals surface area contributed by atoms with Crippen LogP contribution in [0, 0.1) is 17.2 Å². The molecule has 2 rings (SSSR count). The van der Waals surface area contributed by atoms with Crippen LogP contribution in [0.2, 0.25) is 0 Å². The van der Waals surface area contributed by atoms with Crippen LogP contribution in [0.5, 0.6) is 5.75 Å². The summed E-state index contributed by atoms with van der Waals surface area (Å²) in [6, 6.07) is 17.8. The predicted molar refractivity (Wildman–Crippen MR) is 111 cm³/mol. The molecule has 0 spiro atoms. The highest BCUT2D eigenvalue weighted by atomic mass is 16.5. The van der Waals surface area contributed by atoms with E-state index in [0.717, 1.165) is 5.56 Å². The Labute approximate surface area is 172 Å². The molecule has 0 aliphatic carbocycles. The van der Waals surface area contributed by atoms with Gasteiger partial charge in [-0.3, -0.25) is 9.59 Å². The standard InChI is InChI=1S/C23H27N3O3/c1-17(2)22(25-21(27)15-18-8-5-4-6-9-18)23(28)26(3)12-13-29-20-11-7-10-19(14-20)16-24/h4-11,14,17,22H,12-13,15H2,1-3H3,(H,25,27). The summed E-state index contributed by atoms with van der Waals surface area (Å²) < 4.78 is 5.64. The van der Waals surface area contributed by atoms with E-state index in [9.17, 15) is 9.59 Å². The third-order valence-corrected chi connectivity index (χ3v) is 4.49. The van der Waals surface area contributed by atoms with Crippen molar-refractivity contribution in [1.29, 1.82) is 5.26 Å². The highest BCUT2D eigenvalue weighted by Gasteiger charge is 2.26. The average Bonchev–Trinajstić information content (AvgIpc) is 2.72. The Morgan fingerprint density at radius 2 is 1.86 bits per heavy atom. The molecule has 2 amide bonds. The molecule has 6 nitrogen and oxygen atoms in total. The van der Waals surface area contributed by atoms with E-state index in [1.54, 1.807) is 36.2 Å². The van der Waals surface area contributed by atoms with Crippen molar-refractivity contribution in [3.63, 3.8) is 0 Å². The van der Waals surface area contributed by atoms with Crippen molar-refractivity contribution in [2.75, 3.05) is 20.2 Å². The van der Waals surface area contributed by atoms with Crippen molar-refractivity contribution in [1.82, 2.24) is 10.2 Å². The van der Waals surface area contributed by atoms with Crippen molar-refractivity contribution in [3.05, 3.63) is 65.7 Å². The van der Waals surface area contributed by atoms with E-state index < -0.39 is 6.04 Å². The van der Waals surface area contributed by atoms with Crippen molar-refractivity contribution in [2.45, 2.75) is 26.3 Å². The van der Waals surface area contributed by atoms with Gasteiger partial charge in [-0.15, -0.1) is 0 Å². The Balaban J connectivity index is 1.88. The number of benzene rings is 2. The van der Waals surface area contributed by atoms with Gasteiger partial charge in [0.15, 0.2) is 0 Å². The molecule has 0 radical (unpaired) electrons. The van der Waals surface area contributed by atoms with E-state index in [2.05, 4.69) is 11.4 Å². The zero-order valence-corrected chi connectivity index (χ0v) is 17.1. The third kappa shape index (κ3) is 6.96. The molecule has 0 heterocycles. The van der Waals surface area contributed by atoms with Crippen LogP contribution in [0.15, 0.2) is 54.6 Å². The van der Waals surface area contributed by atoms with Crippen LogP contribution in [0.4, 0.5) is 0 Å². The lowest BCUT2D eigenvalue weighted by Gasteiger charge is -2.27. The fourth-order valence-electron chi connectivity index (χ4n) is 2.82. The second-order valence-electron chi connectivity index (χ2n) is 7.20. The van der Waals surface area contributed by atoms with Crippen molar-refractivity contribution < 1.29 is 14.3 Å². The number of nitriles is 1. The molecule has 2 aromatic rings. The maximum Gasteiger partial charge on any atom is 0.245 e. The van der Waals surface area contributed by atoms with Gasteiger partial charge in [-0.25, -0.2) is 0 Å². The number of carbonyl (C=O) groups excluding carboxylic acids is 2. The van der Waals surface area contributed by atoms with Gasteiger partial charge in [-0.1, -0.05) is 50.2 Å². The molecule has 0 aliphatic rings. The van der Waals surface area contributed by atoms with Crippen LogP contribution in [-0.2, 0) is 16.0 Å². The minimum absolute atomic E-state index is 0.0436. The SMILES string of the molecule is CC(C)C(NC(=O)Cc1ccccc1)C(=O)N(C)CCOc1cccc(C#N)c1. The first-order valence-corrected chi connectivity index (χ1v) is 9.62. The van der Waals surface area contributed by atoms with Crippen LogP contribution in [0.25, 0.3) is 0 Å². The first-order chi connectivity index (χ1) is 13.9. The largest absolute Gasteiger partial charge is 0.492 e. The number of hydrogen-bond acceptors (Lipinski definition) is 4. The summed E-state index contributed by atoms with van der Waals surface area (Å²) in [4.78, 5) is 26.8. The van der Waals surface area contributed by atoms with Gasteiger partial charge in [0.25, 0.3) is 0 Å². The number of ether oxygens (including phenoxy) is 1. The van der Waals surface area contributed by atoms with Crippen LogP contribution in [0.1, 0.15) is 25.0 Å². The maximum atomic E-state index is 12.8. The average molecular weight is 393 g/mol. The normalized spacial score (nSPS) is 11.4. The molecule has 0 bridgehead atoms. The molecule has 29 heavy (non-hydrogen) atoms. The summed E-state index contributed by atoms with van der Waals surface area (Å²) in [5, 5.41) is 11.8. The van der Waals surface area contributed by atoms with E-state index in [1.165, 1.54) is 0 Å². The summed E-state index contributed by atoms with van der Waals surface area (Å²) in [7, 11) is 1.69. The lowest BCUT2D eigenvalue weighted by atomic mass is 10.0. The topological polar surface area (TPSA) is 82.4 Å². The summed E-state index contributed by atoms with van der Waals surface area (Å²) >= 11 is 0. The Hall–Kier alpha value is -3.33. The number of nitrogens with one attached hydrogen (secondary N) is 1. The van der Waals surface area contributed by atoms with Crippen LogP contribution in [0.3, 0.4) is 0 Å². The van der Waals surface area contributed by atoms with Gasteiger partial charge in [-0.2, -0.15) is 5.26 Å². The molecule has 0 aromatic heterocycles. The lowest BCUT2D eigenvalue weighted by molar-refractivity contribution is -0.136. The van der Waals surface area contributed by atoms with E-state index in [1.807, 2.05) is 44.2 Å². The van der Waals surface area contributed by atoms with Crippen molar-refractivity contribution in [2.24, 2.45) is 5.92 Å². The predicted octanol–water partition coefficient (Wildman–Crippen LogP) is 2.78. The Bertz CT molecular complexity index is 859. The summed E-state index contributed by atoms with van der Waals surface area (Å²) in [6.45, 7) is 4.47. The number of rotatable bonds is 9. The Kier molecular flexibility index (Phi) is 8.23. The number of carbonyl (C=O) groups is 2. The van der Waals surface area contributed by atoms with Gasteiger partial charge in [0, 0.05) is 7.05 Å². The zero-order valence-electron chi connectivity index (χ0n) is 17.1. The van der Waals surface area contributed by atoms with Gasteiger partial charge in [-0.05, 0) is 29.7 Å². The highest BCUT2D eigenvalue weighted by Crippen LogP contribution is 2.13. The molecular formula is C23H27N3O3. The third-order valence-electron chi connectivity index (χ3n) is 4.49. The van der Waals surface area contributed by atoms with Crippen molar-refractivity contribution in [3.8, 4) is 11.8 Å². The van der Waals surface area contributed by atoms with Gasteiger partial charge < -0.3 is 15.0 Å². The maximum absolute atomic E-state index is 12.8. The molecule has 1 unspecified atom stereocenters. The molecule has 0 aliphatic heterocycles. The lowest BCUT2D eigenvalue weighted by Crippen LogP contribution is -2.51. The van der Waals surface area contributed by atoms with E-state index in [-0.39, 0.29) is 24.2 Å². The van der Waals surface area contributed by atoms with Crippen LogP contribution >= 0.6 is 0 Å². The first-order valence-electron chi connectivity index (χ1n) is 9.62. The van der Waals surface area contributed by atoms with E-state index >= 15 is 0 Å². The smallest absolute Gasteiger partial charge is 0.245 e.